The number of hydrogen-bond acceptors (Lipinski definition) is 5. The van der Waals surface area contributed by atoms with Crippen LogP contribution in [0.15, 0.2) is 84.9 Å². The molecule has 7 nitrogen and oxygen atoms in total. The average molecular weight is 515 g/mol. The predicted octanol–water partition coefficient (Wildman–Crippen LogP) is 2.68. The minimum atomic E-state index is -0.812. The number of aliphatic hydroxyl groups excluding tert-OH is 1. The van der Waals surface area contributed by atoms with E-state index in [2.05, 4.69) is 33.0 Å². The third-order valence-electron chi connectivity index (χ3n) is 7.05. The minimum absolute atomic E-state index is 0.101. The van der Waals surface area contributed by atoms with Crippen molar-refractivity contribution < 1.29 is 14.7 Å². The number of carbonyl (C=O) groups excluding carboxylic acids is 2. The molecule has 0 saturated carbocycles. The molecule has 38 heavy (non-hydrogen) atoms. The van der Waals surface area contributed by atoms with Crippen LogP contribution in [-0.4, -0.2) is 55.7 Å². The van der Waals surface area contributed by atoms with Crippen molar-refractivity contribution in [1.29, 1.82) is 0 Å². The van der Waals surface area contributed by atoms with E-state index in [0.717, 1.165) is 22.4 Å². The Kier molecular flexibility index (Phi) is 9.51. The third-order valence-corrected chi connectivity index (χ3v) is 7.05. The molecule has 4 N–H and O–H groups in total. The van der Waals surface area contributed by atoms with Crippen LogP contribution in [0.3, 0.4) is 0 Å². The monoisotopic (exact) mass is 514 g/mol. The minimum Gasteiger partial charge on any atom is -0.390 e. The summed E-state index contributed by atoms with van der Waals surface area (Å²) in [5.41, 5.74) is 4.33. The summed E-state index contributed by atoms with van der Waals surface area (Å²) in [5.74, 6) is -0.603. The molecule has 0 aliphatic carbocycles. The van der Waals surface area contributed by atoms with E-state index in [9.17, 15) is 14.7 Å². The van der Waals surface area contributed by atoms with E-state index < -0.39 is 18.2 Å². The van der Waals surface area contributed by atoms with Gasteiger partial charge in [0.15, 0.2) is 0 Å². The molecular formula is C31H38N4O3. The lowest BCUT2D eigenvalue weighted by atomic mass is 9.95. The van der Waals surface area contributed by atoms with E-state index in [1.54, 1.807) is 0 Å². The smallest absolute Gasteiger partial charge is 0.242 e. The normalized spacial score (nSPS) is 18.4. The highest BCUT2D eigenvalue weighted by molar-refractivity contribution is 5.92. The molecule has 0 radical (unpaired) electrons. The van der Waals surface area contributed by atoms with Gasteiger partial charge in [0.05, 0.1) is 12.1 Å². The molecule has 3 aromatic rings. The second-order valence-corrected chi connectivity index (χ2v) is 10.3. The Hall–Kier alpha value is -3.68. The Balaban J connectivity index is 1.36. The molecule has 1 fully saturated rings. The highest BCUT2D eigenvalue weighted by Crippen LogP contribution is 2.21. The van der Waals surface area contributed by atoms with Crippen LogP contribution in [0.2, 0.25) is 0 Å². The first-order chi connectivity index (χ1) is 18.4. The summed E-state index contributed by atoms with van der Waals surface area (Å²) in [4.78, 5) is 27.9. The molecule has 7 heteroatoms. The van der Waals surface area contributed by atoms with Crippen molar-refractivity contribution in [2.45, 2.75) is 44.0 Å². The second-order valence-electron chi connectivity index (χ2n) is 10.3. The van der Waals surface area contributed by atoms with E-state index in [-0.39, 0.29) is 17.7 Å². The Bertz CT molecular complexity index is 1190. The summed E-state index contributed by atoms with van der Waals surface area (Å²) in [6.07, 6.45) is 0.715. The summed E-state index contributed by atoms with van der Waals surface area (Å²) in [6, 6.07) is 26.8. The van der Waals surface area contributed by atoms with Gasteiger partial charge in [-0.2, -0.15) is 0 Å². The van der Waals surface area contributed by atoms with E-state index in [4.69, 9.17) is 0 Å². The number of carbonyl (C=O) groups is 2. The van der Waals surface area contributed by atoms with Gasteiger partial charge in [-0.1, -0.05) is 72.8 Å². The first kappa shape index (κ1) is 27.4. The molecule has 1 aliphatic heterocycles. The molecule has 2 unspecified atom stereocenters. The van der Waals surface area contributed by atoms with Crippen molar-refractivity contribution in [2.24, 2.45) is 5.92 Å². The van der Waals surface area contributed by atoms with Gasteiger partial charge in [-0.25, -0.2) is 0 Å². The van der Waals surface area contributed by atoms with Gasteiger partial charge in [0.1, 0.15) is 6.04 Å². The lowest BCUT2D eigenvalue weighted by Gasteiger charge is -2.26. The predicted molar refractivity (Wildman–Crippen MR) is 151 cm³/mol. The van der Waals surface area contributed by atoms with Gasteiger partial charge in [-0.15, -0.1) is 0 Å². The zero-order chi connectivity index (χ0) is 26.9. The van der Waals surface area contributed by atoms with Crippen molar-refractivity contribution in [1.82, 2.24) is 16.0 Å². The molecular weight excluding hydrogens is 476 g/mol. The van der Waals surface area contributed by atoms with Crippen molar-refractivity contribution in [3.05, 3.63) is 102 Å². The zero-order valence-corrected chi connectivity index (χ0v) is 22.1. The molecule has 1 saturated heterocycles. The Morgan fingerprint density at radius 2 is 1.63 bits per heavy atom. The van der Waals surface area contributed by atoms with Gasteiger partial charge in [-0.3, -0.25) is 9.59 Å². The van der Waals surface area contributed by atoms with Gasteiger partial charge >= 0.3 is 0 Å². The second kappa shape index (κ2) is 13.2. The standard InChI is InChI=1S/C31H38N4O3/c1-35(2)26-15-9-14-24(17-26)20-32-21-29(36)27(18-23-12-7-4-8-13-23)33-31(38)28-19-25(30(37)34-28)16-22-10-5-3-6-11-22/h3-15,17,25,27-29,32,36H,16,18-21H2,1-2H3,(H,33,38)(H,34,37)/t25?,27?,28-,29+/m0/s1. The van der Waals surface area contributed by atoms with E-state index in [1.807, 2.05) is 86.9 Å². The quantitative estimate of drug-likeness (QED) is 0.298. The van der Waals surface area contributed by atoms with Crippen molar-refractivity contribution in [2.75, 3.05) is 25.5 Å². The van der Waals surface area contributed by atoms with Gasteiger partial charge in [0.25, 0.3) is 0 Å². The molecule has 2 amide bonds. The SMILES string of the molecule is CN(C)c1cccc(CNC[C@@H](O)C(Cc2ccccc2)NC(=O)[C@@H]2CC(Cc3ccccc3)C(=O)N2)c1. The highest BCUT2D eigenvalue weighted by Gasteiger charge is 2.37. The Labute approximate surface area is 225 Å². The molecule has 1 heterocycles. The number of nitrogens with one attached hydrogen (secondary N) is 3. The molecule has 200 valence electrons. The first-order valence-electron chi connectivity index (χ1n) is 13.2. The number of anilines is 1. The Morgan fingerprint density at radius 1 is 0.974 bits per heavy atom. The summed E-state index contributed by atoms with van der Waals surface area (Å²) < 4.78 is 0. The lowest BCUT2D eigenvalue weighted by Crippen LogP contribution is -2.53. The first-order valence-corrected chi connectivity index (χ1v) is 13.2. The maximum atomic E-state index is 13.2. The summed E-state index contributed by atoms with van der Waals surface area (Å²) in [5, 5.41) is 20.3. The Morgan fingerprint density at radius 3 is 2.32 bits per heavy atom. The maximum Gasteiger partial charge on any atom is 0.242 e. The molecule has 0 bridgehead atoms. The van der Waals surface area contributed by atoms with Gasteiger partial charge in [0, 0.05) is 38.8 Å². The van der Waals surface area contributed by atoms with Crippen molar-refractivity contribution in [3.8, 4) is 0 Å². The largest absolute Gasteiger partial charge is 0.390 e. The number of hydrogen-bond donors (Lipinski definition) is 4. The molecule has 0 spiro atoms. The number of aliphatic hydroxyl groups is 1. The highest BCUT2D eigenvalue weighted by atomic mass is 16.3. The van der Waals surface area contributed by atoms with Crippen LogP contribution in [0.1, 0.15) is 23.1 Å². The number of rotatable bonds is 12. The number of nitrogens with zero attached hydrogens (tertiary/aromatic N) is 1. The fourth-order valence-electron chi connectivity index (χ4n) is 4.87. The topological polar surface area (TPSA) is 93.7 Å². The lowest BCUT2D eigenvalue weighted by molar-refractivity contribution is -0.127. The summed E-state index contributed by atoms with van der Waals surface area (Å²) in [7, 11) is 4.01. The van der Waals surface area contributed by atoms with Crippen molar-refractivity contribution in [3.63, 3.8) is 0 Å². The molecule has 4 atom stereocenters. The van der Waals surface area contributed by atoms with E-state index in [1.165, 1.54) is 0 Å². The van der Waals surface area contributed by atoms with Crippen molar-refractivity contribution >= 4 is 17.5 Å². The average Bonchev–Trinajstić information content (AvgIpc) is 3.29. The van der Waals surface area contributed by atoms with Gasteiger partial charge in [0.2, 0.25) is 11.8 Å². The van der Waals surface area contributed by atoms with Crippen LogP contribution in [-0.2, 0) is 29.0 Å². The summed E-state index contributed by atoms with van der Waals surface area (Å²) >= 11 is 0. The number of amides is 2. The summed E-state index contributed by atoms with van der Waals surface area (Å²) in [6.45, 7) is 0.919. The zero-order valence-electron chi connectivity index (χ0n) is 22.1. The fraction of sp³-hybridized carbons (Fsp3) is 0.355. The fourth-order valence-corrected chi connectivity index (χ4v) is 4.87. The maximum absolute atomic E-state index is 13.2. The van der Waals surface area contributed by atoms with Crippen LogP contribution >= 0.6 is 0 Å². The van der Waals surface area contributed by atoms with Crippen LogP contribution in [0, 0.1) is 5.92 Å². The number of benzene rings is 3. The van der Waals surface area contributed by atoms with Gasteiger partial charge in [-0.05, 0) is 48.1 Å². The van der Waals surface area contributed by atoms with E-state index in [0.29, 0.717) is 32.4 Å². The van der Waals surface area contributed by atoms with Crippen LogP contribution in [0.5, 0.6) is 0 Å². The van der Waals surface area contributed by atoms with Gasteiger partial charge < -0.3 is 26.0 Å². The molecule has 1 aliphatic rings. The van der Waals surface area contributed by atoms with E-state index >= 15 is 0 Å². The van der Waals surface area contributed by atoms with Crippen LogP contribution < -0.4 is 20.9 Å². The third kappa shape index (κ3) is 7.66. The van der Waals surface area contributed by atoms with Crippen LogP contribution in [0.25, 0.3) is 0 Å². The van der Waals surface area contributed by atoms with Crippen LogP contribution in [0.4, 0.5) is 5.69 Å². The molecule has 0 aromatic heterocycles. The molecule has 4 rings (SSSR count). The molecule has 3 aromatic carbocycles.